The van der Waals surface area contributed by atoms with Crippen LogP contribution in [0.1, 0.15) is 76.6 Å². The average Bonchev–Trinajstić information content (AvgIpc) is 3.31. The maximum absolute atomic E-state index is 12.5. The van der Waals surface area contributed by atoms with Crippen molar-refractivity contribution in [3.63, 3.8) is 0 Å². The van der Waals surface area contributed by atoms with Crippen molar-refractivity contribution in [1.82, 2.24) is 9.80 Å². The van der Waals surface area contributed by atoms with E-state index in [1.54, 1.807) is 4.90 Å². The monoisotopic (exact) mass is 387 g/mol. The lowest BCUT2D eigenvalue weighted by Gasteiger charge is -2.31. The predicted molar refractivity (Wildman–Crippen MR) is 113 cm³/mol. The van der Waals surface area contributed by atoms with E-state index in [4.69, 9.17) is 10.5 Å². The summed E-state index contributed by atoms with van der Waals surface area (Å²) in [6.45, 7) is 9.69. The molecule has 1 aromatic carbocycles. The molecule has 3 atom stereocenters. The Morgan fingerprint density at radius 2 is 1.82 bits per heavy atom. The first-order valence-electron chi connectivity index (χ1n) is 10.7. The zero-order valence-corrected chi connectivity index (χ0v) is 18.1. The van der Waals surface area contributed by atoms with Gasteiger partial charge in [0.1, 0.15) is 5.60 Å². The van der Waals surface area contributed by atoms with E-state index in [-0.39, 0.29) is 18.2 Å². The Hall–Kier alpha value is -1.59. The number of carbonyl (C=O) groups excluding carboxylic acids is 1. The number of rotatable bonds is 6. The molecule has 1 aliphatic carbocycles. The van der Waals surface area contributed by atoms with Gasteiger partial charge in [0.2, 0.25) is 0 Å². The molecule has 0 radical (unpaired) electrons. The van der Waals surface area contributed by atoms with Crippen LogP contribution in [-0.2, 0) is 4.74 Å². The summed E-state index contributed by atoms with van der Waals surface area (Å²) in [6.07, 6.45) is 4.68. The van der Waals surface area contributed by atoms with Crippen molar-refractivity contribution in [2.75, 3.05) is 20.1 Å². The summed E-state index contributed by atoms with van der Waals surface area (Å²) in [6, 6.07) is 9.52. The van der Waals surface area contributed by atoms with Crippen LogP contribution in [0.4, 0.5) is 4.79 Å². The third-order valence-electron chi connectivity index (χ3n) is 5.97. The van der Waals surface area contributed by atoms with Crippen LogP contribution in [0.3, 0.4) is 0 Å². The van der Waals surface area contributed by atoms with Crippen LogP contribution in [0.2, 0.25) is 0 Å². The Bertz CT molecular complexity index is 661. The van der Waals surface area contributed by atoms with Crippen molar-refractivity contribution in [3.05, 3.63) is 35.4 Å². The van der Waals surface area contributed by atoms with Gasteiger partial charge in [-0.25, -0.2) is 4.79 Å². The Kier molecular flexibility index (Phi) is 6.35. The van der Waals surface area contributed by atoms with Gasteiger partial charge in [0.05, 0.1) is 0 Å². The van der Waals surface area contributed by atoms with Crippen LogP contribution < -0.4 is 5.73 Å². The van der Waals surface area contributed by atoms with Gasteiger partial charge in [-0.3, -0.25) is 4.90 Å². The number of amides is 1. The first-order valence-corrected chi connectivity index (χ1v) is 10.7. The fraction of sp³-hybridized carbons (Fsp3) is 0.696. The molecule has 1 aliphatic heterocycles. The molecule has 0 bridgehead atoms. The molecular weight excluding hydrogens is 350 g/mol. The van der Waals surface area contributed by atoms with E-state index < -0.39 is 5.60 Å². The molecule has 2 fully saturated rings. The van der Waals surface area contributed by atoms with Gasteiger partial charge >= 0.3 is 6.09 Å². The summed E-state index contributed by atoms with van der Waals surface area (Å²) in [5.74, 6) is 0.848. The number of likely N-dealkylation sites (tertiary alicyclic amines) is 1. The molecule has 5 nitrogen and oxygen atoms in total. The summed E-state index contributed by atoms with van der Waals surface area (Å²) >= 11 is 0. The lowest BCUT2D eigenvalue weighted by Crippen LogP contribution is -2.42. The van der Waals surface area contributed by atoms with Crippen LogP contribution in [0.25, 0.3) is 0 Å². The lowest BCUT2D eigenvalue weighted by molar-refractivity contribution is 0.0224. The first-order chi connectivity index (χ1) is 13.1. The summed E-state index contributed by atoms with van der Waals surface area (Å²) in [4.78, 5) is 16.8. The highest BCUT2D eigenvalue weighted by atomic mass is 16.6. The number of hydrogen-bond acceptors (Lipinski definition) is 4. The molecule has 5 heteroatoms. The van der Waals surface area contributed by atoms with Gasteiger partial charge in [-0.05, 0) is 57.6 Å². The molecule has 156 valence electrons. The number of nitrogens with two attached hydrogens (primary N) is 1. The highest BCUT2D eigenvalue weighted by Gasteiger charge is 2.36. The maximum atomic E-state index is 12.5. The van der Waals surface area contributed by atoms with Crippen LogP contribution in [-0.4, -0.2) is 47.7 Å². The third-order valence-corrected chi connectivity index (χ3v) is 5.97. The summed E-state index contributed by atoms with van der Waals surface area (Å²) in [5.41, 5.74) is 8.11. The molecule has 1 saturated heterocycles. The van der Waals surface area contributed by atoms with Gasteiger partial charge in [0.15, 0.2) is 0 Å². The highest BCUT2D eigenvalue weighted by Crippen LogP contribution is 2.41. The van der Waals surface area contributed by atoms with Gasteiger partial charge in [0.25, 0.3) is 0 Å². The van der Waals surface area contributed by atoms with E-state index in [0.717, 1.165) is 25.4 Å². The number of ether oxygens (including phenoxy) is 1. The molecule has 0 aromatic heterocycles. The molecule has 1 amide bonds. The van der Waals surface area contributed by atoms with Gasteiger partial charge < -0.3 is 15.4 Å². The van der Waals surface area contributed by atoms with Crippen molar-refractivity contribution in [2.24, 2.45) is 11.7 Å². The van der Waals surface area contributed by atoms with Gasteiger partial charge in [-0.1, -0.05) is 37.1 Å². The topological polar surface area (TPSA) is 58.8 Å². The second-order valence-electron chi connectivity index (χ2n) is 9.68. The minimum Gasteiger partial charge on any atom is -0.444 e. The predicted octanol–water partition coefficient (Wildman–Crippen LogP) is 4.49. The summed E-state index contributed by atoms with van der Waals surface area (Å²) < 4.78 is 5.56. The third kappa shape index (κ3) is 5.48. The zero-order valence-electron chi connectivity index (χ0n) is 18.1. The van der Waals surface area contributed by atoms with Gasteiger partial charge in [0, 0.05) is 38.3 Å². The molecule has 1 aromatic rings. The van der Waals surface area contributed by atoms with Crippen molar-refractivity contribution in [3.8, 4) is 0 Å². The fourth-order valence-electron chi connectivity index (χ4n) is 4.04. The number of likely N-dealkylation sites (N-methyl/N-ethyl adjacent to an activating group) is 1. The molecule has 2 N–H and O–H groups in total. The van der Waals surface area contributed by atoms with Crippen molar-refractivity contribution in [2.45, 2.75) is 77.1 Å². The van der Waals surface area contributed by atoms with Crippen LogP contribution >= 0.6 is 0 Å². The second kappa shape index (κ2) is 8.42. The Balaban J connectivity index is 1.67. The first kappa shape index (κ1) is 21.1. The maximum Gasteiger partial charge on any atom is 0.410 e. The number of hydrogen-bond donors (Lipinski definition) is 1. The lowest BCUT2D eigenvalue weighted by atomic mass is 9.97. The standard InChI is InChI=1S/C23H37N3O2/c1-16(24)18-8-10-19(11-9-18)21(14-17-6-7-17)26-13-12-20(15-26)25(5)22(27)28-23(2,3)4/h8-11,16-17,20-21H,6-7,12-15,24H2,1-5H3/t16-,20+,21?/m0/s1. The van der Waals surface area contributed by atoms with Crippen LogP contribution in [0.5, 0.6) is 0 Å². The number of carbonyl (C=O) groups is 1. The SMILES string of the molecule is C[C@H](N)c1ccc(C(CC2CC2)N2CC[C@@H](N(C)C(=O)OC(C)(C)C)C2)cc1. The van der Waals surface area contributed by atoms with E-state index >= 15 is 0 Å². The Morgan fingerprint density at radius 1 is 1.21 bits per heavy atom. The summed E-state index contributed by atoms with van der Waals surface area (Å²) in [7, 11) is 1.87. The quantitative estimate of drug-likeness (QED) is 0.781. The smallest absolute Gasteiger partial charge is 0.410 e. The molecule has 2 aliphatic rings. The Labute approximate surface area is 170 Å². The molecule has 1 unspecified atom stereocenters. The van der Waals surface area contributed by atoms with Crippen molar-refractivity contribution >= 4 is 6.09 Å². The largest absolute Gasteiger partial charge is 0.444 e. The van der Waals surface area contributed by atoms with Crippen molar-refractivity contribution < 1.29 is 9.53 Å². The van der Waals surface area contributed by atoms with E-state index in [9.17, 15) is 4.79 Å². The van der Waals surface area contributed by atoms with Crippen LogP contribution in [0, 0.1) is 5.92 Å². The van der Waals surface area contributed by atoms with Gasteiger partial charge in [-0.15, -0.1) is 0 Å². The average molecular weight is 388 g/mol. The number of benzene rings is 1. The molecule has 0 spiro atoms. The fourth-order valence-corrected chi connectivity index (χ4v) is 4.04. The van der Waals surface area contributed by atoms with Crippen LogP contribution in [0.15, 0.2) is 24.3 Å². The Morgan fingerprint density at radius 3 is 2.36 bits per heavy atom. The van der Waals surface area contributed by atoms with E-state index in [1.807, 2.05) is 34.7 Å². The van der Waals surface area contributed by atoms with E-state index in [1.165, 1.54) is 30.4 Å². The highest BCUT2D eigenvalue weighted by molar-refractivity contribution is 5.68. The molecular formula is C23H37N3O2. The second-order valence-corrected chi connectivity index (χ2v) is 9.68. The molecule has 1 saturated carbocycles. The molecule has 3 rings (SSSR count). The molecule has 1 heterocycles. The zero-order chi connectivity index (χ0) is 20.5. The minimum absolute atomic E-state index is 0.0644. The molecule has 28 heavy (non-hydrogen) atoms. The number of nitrogens with zero attached hydrogens (tertiary/aromatic N) is 2. The normalized spacial score (nSPS) is 22.7. The minimum atomic E-state index is -0.458. The van der Waals surface area contributed by atoms with E-state index in [0.29, 0.717) is 6.04 Å². The van der Waals surface area contributed by atoms with Gasteiger partial charge in [-0.2, -0.15) is 0 Å². The summed E-state index contributed by atoms with van der Waals surface area (Å²) in [5, 5.41) is 0. The van der Waals surface area contributed by atoms with E-state index in [2.05, 4.69) is 29.2 Å². The van der Waals surface area contributed by atoms with Crippen molar-refractivity contribution in [1.29, 1.82) is 0 Å².